The molecule has 0 aliphatic carbocycles. The second kappa shape index (κ2) is 9.22. The minimum absolute atomic E-state index is 0.0905. The Kier molecular flexibility index (Phi) is 7.01. The number of methoxy groups -OCH3 is 1. The molecule has 0 saturated heterocycles. The molecule has 0 fully saturated rings. The molecule has 2 aromatic rings. The number of anilines is 2. The fraction of sp³-hybridized carbons (Fsp3) is 0.389. The number of halogens is 1. The van der Waals surface area contributed by atoms with Crippen LogP contribution in [0.2, 0.25) is 5.02 Å². The van der Waals surface area contributed by atoms with Crippen LogP contribution in [0.3, 0.4) is 0 Å². The Hall–Kier alpha value is -2.34. The third-order valence-corrected chi connectivity index (χ3v) is 3.79. The molecule has 0 bridgehead atoms. The SMILES string of the molecule is CCCN(CCC)C(=O)c1ccnc(Nc2cc(Cl)ccc2OC)n1. The van der Waals surface area contributed by atoms with Crippen molar-refractivity contribution < 1.29 is 9.53 Å². The molecule has 1 N–H and O–H groups in total. The van der Waals surface area contributed by atoms with E-state index in [4.69, 9.17) is 16.3 Å². The van der Waals surface area contributed by atoms with Crippen molar-refractivity contribution in [1.29, 1.82) is 0 Å². The van der Waals surface area contributed by atoms with Crippen LogP contribution in [0.15, 0.2) is 30.5 Å². The van der Waals surface area contributed by atoms with Crippen molar-refractivity contribution in [3.05, 3.63) is 41.2 Å². The van der Waals surface area contributed by atoms with Gasteiger partial charge in [0.1, 0.15) is 11.4 Å². The second-order valence-corrected chi connectivity index (χ2v) is 5.96. The van der Waals surface area contributed by atoms with Crippen LogP contribution in [-0.4, -0.2) is 41.0 Å². The van der Waals surface area contributed by atoms with E-state index in [0.29, 0.717) is 41.2 Å². The Morgan fingerprint density at radius 2 is 1.96 bits per heavy atom. The smallest absolute Gasteiger partial charge is 0.272 e. The third-order valence-electron chi connectivity index (χ3n) is 3.56. The van der Waals surface area contributed by atoms with Crippen molar-refractivity contribution in [2.75, 3.05) is 25.5 Å². The number of hydrogen-bond acceptors (Lipinski definition) is 5. The molecule has 1 aromatic heterocycles. The number of rotatable bonds is 8. The predicted octanol–water partition coefficient (Wildman–Crippen LogP) is 4.14. The Morgan fingerprint density at radius 3 is 2.60 bits per heavy atom. The van der Waals surface area contributed by atoms with Gasteiger partial charge in [-0.05, 0) is 37.1 Å². The lowest BCUT2D eigenvalue weighted by Gasteiger charge is -2.21. The molecule has 2 rings (SSSR count). The molecular formula is C18H23ClN4O2. The highest BCUT2D eigenvalue weighted by Crippen LogP contribution is 2.29. The summed E-state index contributed by atoms with van der Waals surface area (Å²) in [6, 6.07) is 6.84. The Labute approximate surface area is 153 Å². The maximum absolute atomic E-state index is 12.7. The standard InChI is InChI=1S/C18H23ClN4O2/c1-4-10-23(11-5-2)17(24)14-8-9-20-18(21-14)22-15-12-13(19)6-7-16(15)25-3/h6-9,12H,4-5,10-11H2,1-3H3,(H,20,21,22). The highest BCUT2D eigenvalue weighted by molar-refractivity contribution is 6.31. The first-order valence-corrected chi connectivity index (χ1v) is 8.69. The van der Waals surface area contributed by atoms with E-state index >= 15 is 0 Å². The average molecular weight is 363 g/mol. The molecule has 0 radical (unpaired) electrons. The van der Waals surface area contributed by atoms with Crippen LogP contribution < -0.4 is 10.1 Å². The fourth-order valence-corrected chi connectivity index (χ4v) is 2.63. The molecule has 25 heavy (non-hydrogen) atoms. The third kappa shape index (κ3) is 5.06. The topological polar surface area (TPSA) is 67.4 Å². The monoisotopic (exact) mass is 362 g/mol. The lowest BCUT2D eigenvalue weighted by Crippen LogP contribution is -2.33. The van der Waals surface area contributed by atoms with Gasteiger partial charge in [-0.25, -0.2) is 9.97 Å². The molecule has 0 saturated carbocycles. The molecule has 0 atom stereocenters. The van der Waals surface area contributed by atoms with E-state index in [0.717, 1.165) is 12.8 Å². The van der Waals surface area contributed by atoms with Crippen LogP contribution in [0, 0.1) is 0 Å². The van der Waals surface area contributed by atoms with E-state index < -0.39 is 0 Å². The van der Waals surface area contributed by atoms with E-state index in [-0.39, 0.29) is 5.91 Å². The Morgan fingerprint density at radius 1 is 1.24 bits per heavy atom. The second-order valence-electron chi connectivity index (χ2n) is 5.53. The maximum Gasteiger partial charge on any atom is 0.272 e. The van der Waals surface area contributed by atoms with Gasteiger partial charge in [-0.3, -0.25) is 4.79 Å². The molecule has 134 valence electrons. The van der Waals surface area contributed by atoms with E-state index in [9.17, 15) is 4.79 Å². The lowest BCUT2D eigenvalue weighted by atomic mass is 10.3. The molecule has 0 aliphatic rings. The van der Waals surface area contributed by atoms with Crippen molar-refractivity contribution in [3.8, 4) is 5.75 Å². The van der Waals surface area contributed by atoms with Crippen LogP contribution >= 0.6 is 11.6 Å². The number of aromatic nitrogens is 2. The van der Waals surface area contributed by atoms with E-state index in [1.54, 1.807) is 37.6 Å². The number of carbonyl (C=O) groups excluding carboxylic acids is 1. The summed E-state index contributed by atoms with van der Waals surface area (Å²) in [6.45, 7) is 5.52. The number of nitrogens with zero attached hydrogens (tertiary/aromatic N) is 3. The first kappa shape index (κ1) is 19.0. The number of nitrogens with one attached hydrogen (secondary N) is 1. The number of hydrogen-bond donors (Lipinski definition) is 1. The van der Waals surface area contributed by atoms with Gasteiger partial charge in [-0.15, -0.1) is 0 Å². The first-order valence-electron chi connectivity index (χ1n) is 8.31. The van der Waals surface area contributed by atoms with E-state index in [2.05, 4.69) is 15.3 Å². The van der Waals surface area contributed by atoms with Crippen molar-refractivity contribution in [3.63, 3.8) is 0 Å². The van der Waals surface area contributed by atoms with Crippen molar-refractivity contribution in [2.45, 2.75) is 26.7 Å². The molecule has 1 amide bonds. The van der Waals surface area contributed by atoms with Gasteiger partial charge in [0, 0.05) is 24.3 Å². The zero-order valence-corrected chi connectivity index (χ0v) is 15.5. The minimum Gasteiger partial charge on any atom is -0.495 e. The molecule has 0 unspecified atom stereocenters. The van der Waals surface area contributed by atoms with Crippen LogP contribution in [0.25, 0.3) is 0 Å². The van der Waals surface area contributed by atoms with Gasteiger partial charge in [-0.2, -0.15) is 0 Å². The van der Waals surface area contributed by atoms with Crippen LogP contribution in [0.4, 0.5) is 11.6 Å². The zero-order chi connectivity index (χ0) is 18.2. The quantitative estimate of drug-likeness (QED) is 0.764. The molecule has 1 heterocycles. The largest absolute Gasteiger partial charge is 0.495 e. The molecule has 0 aliphatic heterocycles. The highest BCUT2D eigenvalue weighted by Gasteiger charge is 2.16. The molecule has 7 heteroatoms. The summed E-state index contributed by atoms with van der Waals surface area (Å²) in [7, 11) is 1.57. The average Bonchev–Trinajstić information content (AvgIpc) is 2.61. The van der Waals surface area contributed by atoms with Gasteiger partial charge in [0.05, 0.1) is 12.8 Å². The summed E-state index contributed by atoms with van der Waals surface area (Å²) < 4.78 is 5.30. The zero-order valence-electron chi connectivity index (χ0n) is 14.8. The fourth-order valence-electron chi connectivity index (χ4n) is 2.45. The van der Waals surface area contributed by atoms with E-state index in [1.807, 2.05) is 18.7 Å². The summed E-state index contributed by atoms with van der Waals surface area (Å²) in [5.74, 6) is 0.842. The minimum atomic E-state index is -0.0905. The number of amides is 1. The van der Waals surface area contributed by atoms with Gasteiger partial charge in [0.15, 0.2) is 0 Å². The van der Waals surface area contributed by atoms with Crippen LogP contribution in [0.1, 0.15) is 37.2 Å². The predicted molar refractivity (Wildman–Crippen MR) is 99.8 cm³/mol. The van der Waals surface area contributed by atoms with Gasteiger partial charge >= 0.3 is 0 Å². The summed E-state index contributed by atoms with van der Waals surface area (Å²) in [5, 5.41) is 3.62. The molecule has 6 nitrogen and oxygen atoms in total. The van der Waals surface area contributed by atoms with Gasteiger partial charge in [0.2, 0.25) is 5.95 Å². The van der Waals surface area contributed by atoms with Crippen LogP contribution in [0.5, 0.6) is 5.75 Å². The Bertz CT molecular complexity index is 718. The van der Waals surface area contributed by atoms with Crippen molar-refractivity contribution in [1.82, 2.24) is 14.9 Å². The molecule has 0 spiro atoms. The first-order chi connectivity index (χ1) is 12.1. The number of ether oxygens (including phenoxy) is 1. The van der Waals surface area contributed by atoms with E-state index in [1.165, 1.54) is 0 Å². The summed E-state index contributed by atoms with van der Waals surface area (Å²) >= 11 is 6.04. The summed E-state index contributed by atoms with van der Waals surface area (Å²) in [6.07, 6.45) is 3.37. The molecular weight excluding hydrogens is 340 g/mol. The Balaban J connectivity index is 2.24. The highest BCUT2D eigenvalue weighted by atomic mass is 35.5. The van der Waals surface area contributed by atoms with Gasteiger partial charge < -0.3 is 15.0 Å². The van der Waals surface area contributed by atoms with Crippen molar-refractivity contribution in [2.24, 2.45) is 0 Å². The number of benzene rings is 1. The van der Waals surface area contributed by atoms with Gasteiger partial charge in [0.25, 0.3) is 5.91 Å². The van der Waals surface area contributed by atoms with Crippen molar-refractivity contribution >= 4 is 29.1 Å². The van der Waals surface area contributed by atoms with Gasteiger partial charge in [-0.1, -0.05) is 25.4 Å². The van der Waals surface area contributed by atoms with Crippen LogP contribution in [-0.2, 0) is 0 Å². The summed E-state index contributed by atoms with van der Waals surface area (Å²) in [5.41, 5.74) is 0.999. The number of carbonyl (C=O) groups is 1. The summed E-state index contributed by atoms with van der Waals surface area (Å²) in [4.78, 5) is 23.0. The normalized spacial score (nSPS) is 10.4. The molecule has 1 aromatic carbocycles. The lowest BCUT2D eigenvalue weighted by molar-refractivity contribution is 0.0749. The maximum atomic E-state index is 12.7.